The molecule has 0 spiro atoms. The minimum Gasteiger partial charge on any atom is -0.393 e. The maximum Gasteiger partial charge on any atom is 0.0546 e. The second-order valence-electron chi connectivity index (χ2n) is 5.66. The Kier molecular flexibility index (Phi) is 1.59. The number of hydrogen-bond acceptors (Lipinski definition) is 1. The fraction of sp³-hybridized carbons (Fsp3) is 1.00. The lowest BCUT2D eigenvalue weighted by atomic mass is 9.39. The second-order valence-corrected chi connectivity index (χ2v) is 5.66. The molecule has 1 nitrogen and oxygen atoms in total. The molecule has 0 saturated heterocycles. The molecule has 3 saturated carbocycles. The zero-order valence-corrected chi connectivity index (χ0v) is 8.39. The van der Waals surface area contributed by atoms with Gasteiger partial charge in [-0.1, -0.05) is 12.8 Å². The number of aliphatic hydroxyl groups excluding tert-OH is 1. The number of rotatable bonds is 0. The molecule has 1 N–H and O–H groups in total. The Hall–Kier alpha value is -0.0400. The van der Waals surface area contributed by atoms with Gasteiger partial charge >= 0.3 is 0 Å². The fourth-order valence-corrected chi connectivity index (χ4v) is 4.47. The molecule has 0 amide bonds. The van der Waals surface area contributed by atoms with Crippen LogP contribution in [0.1, 0.15) is 57.8 Å². The topological polar surface area (TPSA) is 20.2 Å². The Morgan fingerprint density at radius 3 is 2.23 bits per heavy atom. The monoisotopic (exact) mass is 180 g/mol. The lowest BCUT2D eigenvalue weighted by molar-refractivity contribution is -0.175. The van der Waals surface area contributed by atoms with Gasteiger partial charge in [0.25, 0.3) is 0 Å². The molecule has 0 aromatic rings. The van der Waals surface area contributed by atoms with E-state index in [-0.39, 0.29) is 6.10 Å². The van der Waals surface area contributed by atoms with Gasteiger partial charge in [-0.25, -0.2) is 0 Å². The third-order valence-electron chi connectivity index (χ3n) is 5.35. The Balaban J connectivity index is 1.89. The van der Waals surface area contributed by atoms with Crippen molar-refractivity contribution < 1.29 is 5.11 Å². The maximum atomic E-state index is 9.76. The minimum absolute atomic E-state index is 0.0338. The summed E-state index contributed by atoms with van der Waals surface area (Å²) in [4.78, 5) is 0. The van der Waals surface area contributed by atoms with Gasteiger partial charge < -0.3 is 5.11 Å². The van der Waals surface area contributed by atoms with Gasteiger partial charge in [0.05, 0.1) is 6.10 Å². The summed E-state index contributed by atoms with van der Waals surface area (Å²) in [5.41, 5.74) is 1.33. The Morgan fingerprint density at radius 1 is 0.846 bits per heavy atom. The largest absolute Gasteiger partial charge is 0.393 e. The first-order valence-electron chi connectivity index (χ1n) is 5.95. The van der Waals surface area contributed by atoms with Gasteiger partial charge in [0.2, 0.25) is 0 Å². The van der Waals surface area contributed by atoms with E-state index in [1.54, 1.807) is 0 Å². The molecule has 0 bridgehead atoms. The van der Waals surface area contributed by atoms with Gasteiger partial charge in [-0.2, -0.15) is 0 Å². The van der Waals surface area contributed by atoms with Gasteiger partial charge in [-0.05, 0) is 55.8 Å². The van der Waals surface area contributed by atoms with Gasteiger partial charge in [-0.3, -0.25) is 0 Å². The molecule has 13 heavy (non-hydrogen) atoms. The maximum absolute atomic E-state index is 9.76. The van der Waals surface area contributed by atoms with Crippen molar-refractivity contribution in [2.45, 2.75) is 63.9 Å². The lowest BCUT2D eigenvalue weighted by Gasteiger charge is -2.66. The van der Waals surface area contributed by atoms with Crippen LogP contribution in [0, 0.1) is 10.8 Å². The summed E-state index contributed by atoms with van der Waals surface area (Å²) >= 11 is 0. The Morgan fingerprint density at radius 2 is 1.54 bits per heavy atom. The van der Waals surface area contributed by atoms with E-state index >= 15 is 0 Å². The highest BCUT2D eigenvalue weighted by molar-refractivity contribution is 5.11. The predicted molar refractivity (Wildman–Crippen MR) is 52.4 cm³/mol. The van der Waals surface area contributed by atoms with Crippen molar-refractivity contribution in [1.82, 2.24) is 0 Å². The summed E-state index contributed by atoms with van der Waals surface area (Å²) in [6.07, 6.45) is 12.2. The van der Waals surface area contributed by atoms with Crippen LogP contribution in [-0.2, 0) is 0 Å². The molecule has 3 rings (SSSR count). The molecule has 0 radical (unpaired) electrons. The van der Waals surface area contributed by atoms with Crippen molar-refractivity contribution in [3.05, 3.63) is 0 Å². The summed E-state index contributed by atoms with van der Waals surface area (Å²) in [6.45, 7) is 0. The van der Waals surface area contributed by atoms with Crippen LogP contribution in [0.2, 0.25) is 0 Å². The second kappa shape index (κ2) is 2.50. The van der Waals surface area contributed by atoms with Crippen LogP contribution in [0.15, 0.2) is 0 Å². The average Bonchev–Trinajstić information content (AvgIpc) is 2.11. The predicted octanol–water partition coefficient (Wildman–Crippen LogP) is 2.87. The zero-order chi connectivity index (χ0) is 8.94. The third-order valence-corrected chi connectivity index (χ3v) is 5.35. The SMILES string of the molecule is O[C@@H]1CC[C@@]23CCCC[C@@]2(CC3)C1. The van der Waals surface area contributed by atoms with Gasteiger partial charge in [0.15, 0.2) is 0 Å². The molecule has 0 aromatic carbocycles. The van der Waals surface area contributed by atoms with E-state index in [2.05, 4.69) is 0 Å². The Labute approximate surface area is 80.5 Å². The van der Waals surface area contributed by atoms with E-state index in [4.69, 9.17) is 0 Å². The molecular weight excluding hydrogens is 160 g/mol. The van der Waals surface area contributed by atoms with Gasteiger partial charge in [0.1, 0.15) is 0 Å². The third kappa shape index (κ3) is 0.918. The molecule has 0 aliphatic heterocycles. The number of aliphatic hydroxyl groups is 1. The summed E-state index contributed by atoms with van der Waals surface area (Å²) < 4.78 is 0. The standard InChI is InChI=1S/C12H20O/c13-10-3-6-11-4-1-2-5-12(11,9-10)8-7-11/h10,13H,1-9H2/t10-,11-,12-/m1/s1. The van der Waals surface area contributed by atoms with Crippen molar-refractivity contribution in [2.24, 2.45) is 10.8 Å². The van der Waals surface area contributed by atoms with Gasteiger partial charge in [-0.15, -0.1) is 0 Å². The van der Waals surface area contributed by atoms with E-state index in [1.165, 1.54) is 44.9 Å². The van der Waals surface area contributed by atoms with Crippen molar-refractivity contribution >= 4 is 0 Å². The highest BCUT2D eigenvalue weighted by atomic mass is 16.3. The molecule has 3 aliphatic rings. The van der Waals surface area contributed by atoms with E-state index in [9.17, 15) is 5.11 Å². The Bertz CT molecular complexity index is 225. The van der Waals surface area contributed by atoms with Crippen LogP contribution < -0.4 is 0 Å². The summed E-state index contributed by atoms with van der Waals surface area (Å²) in [7, 11) is 0. The van der Waals surface area contributed by atoms with E-state index in [1.807, 2.05) is 0 Å². The van der Waals surface area contributed by atoms with Crippen molar-refractivity contribution in [2.75, 3.05) is 0 Å². The van der Waals surface area contributed by atoms with Crippen LogP contribution in [-0.4, -0.2) is 11.2 Å². The molecule has 0 unspecified atom stereocenters. The summed E-state index contributed by atoms with van der Waals surface area (Å²) in [5, 5.41) is 9.76. The highest BCUT2D eigenvalue weighted by Crippen LogP contribution is 2.70. The zero-order valence-electron chi connectivity index (χ0n) is 8.39. The van der Waals surface area contributed by atoms with Crippen LogP contribution in [0.5, 0.6) is 0 Å². The first kappa shape index (κ1) is 8.28. The lowest BCUT2D eigenvalue weighted by Crippen LogP contribution is -2.57. The molecule has 1 heteroatoms. The van der Waals surface area contributed by atoms with E-state index in [0.717, 1.165) is 12.8 Å². The normalized spacial score (nSPS) is 54.7. The smallest absolute Gasteiger partial charge is 0.0546 e. The molecule has 3 fully saturated rings. The summed E-state index contributed by atoms with van der Waals surface area (Å²) in [6, 6.07) is 0. The first-order chi connectivity index (χ1) is 6.27. The van der Waals surface area contributed by atoms with E-state index < -0.39 is 0 Å². The summed E-state index contributed by atoms with van der Waals surface area (Å²) in [5.74, 6) is 0. The van der Waals surface area contributed by atoms with Crippen LogP contribution in [0.25, 0.3) is 0 Å². The van der Waals surface area contributed by atoms with Crippen molar-refractivity contribution in [1.29, 1.82) is 0 Å². The van der Waals surface area contributed by atoms with Gasteiger partial charge in [0, 0.05) is 0 Å². The van der Waals surface area contributed by atoms with Crippen LogP contribution in [0.4, 0.5) is 0 Å². The molecule has 0 aromatic heterocycles. The minimum atomic E-state index is 0.0338. The van der Waals surface area contributed by atoms with Crippen LogP contribution in [0.3, 0.4) is 0 Å². The fourth-order valence-electron chi connectivity index (χ4n) is 4.47. The molecule has 3 aliphatic carbocycles. The molecule has 0 heterocycles. The average molecular weight is 180 g/mol. The molecule has 74 valence electrons. The first-order valence-corrected chi connectivity index (χ1v) is 5.95. The van der Waals surface area contributed by atoms with Crippen molar-refractivity contribution in [3.8, 4) is 0 Å². The van der Waals surface area contributed by atoms with Crippen LogP contribution >= 0.6 is 0 Å². The quantitative estimate of drug-likeness (QED) is 0.607. The number of hydrogen-bond donors (Lipinski definition) is 1. The van der Waals surface area contributed by atoms with E-state index in [0.29, 0.717) is 10.8 Å². The molecule has 3 atom stereocenters. The van der Waals surface area contributed by atoms with Crippen molar-refractivity contribution in [3.63, 3.8) is 0 Å². The highest BCUT2D eigenvalue weighted by Gasteiger charge is 2.60. The molecular formula is C12H20O.